The van der Waals surface area contributed by atoms with Gasteiger partial charge >= 0.3 is 5.97 Å². The van der Waals surface area contributed by atoms with Gasteiger partial charge in [0.2, 0.25) is 0 Å². The lowest BCUT2D eigenvalue weighted by Gasteiger charge is -2.39. The second kappa shape index (κ2) is 10.5. The molecule has 150 valence electrons. The Morgan fingerprint density at radius 1 is 1.11 bits per heavy atom. The van der Waals surface area contributed by atoms with Crippen molar-refractivity contribution in [1.29, 1.82) is 0 Å². The smallest absolute Gasteiger partial charge is 0.330 e. The number of esters is 1. The molecular weight excluding hydrogens is 360 g/mol. The van der Waals surface area contributed by atoms with Crippen LogP contribution in [0.2, 0.25) is 0 Å². The van der Waals surface area contributed by atoms with E-state index in [-0.39, 0.29) is 13.2 Å². The Balaban J connectivity index is 1.73. The van der Waals surface area contributed by atoms with Gasteiger partial charge in [-0.15, -0.1) is 0 Å². The topological polar surface area (TPSA) is 146 Å². The van der Waals surface area contributed by atoms with Crippen molar-refractivity contribution in [2.45, 2.75) is 36.8 Å². The highest BCUT2D eigenvalue weighted by Gasteiger charge is 2.44. The standard InChI is InChI=1S/C18H24O9/c19-8-13-15(22)16(23)17(24)18(27-13)26-10-12(20)9-25-14(21)7-6-11-4-2-1-3-5-11/h1-7,12-13,15-20,22-24H,8-10H2/b7-6+/t12-,13?,15?,16?,17?,18?/m1/s1. The van der Waals surface area contributed by atoms with E-state index in [0.29, 0.717) is 0 Å². The zero-order valence-electron chi connectivity index (χ0n) is 14.5. The fraction of sp³-hybridized carbons (Fsp3) is 0.500. The molecule has 1 aliphatic rings. The van der Waals surface area contributed by atoms with Crippen molar-refractivity contribution in [2.24, 2.45) is 0 Å². The highest BCUT2D eigenvalue weighted by molar-refractivity contribution is 5.87. The average Bonchev–Trinajstić information content (AvgIpc) is 2.69. The zero-order chi connectivity index (χ0) is 19.8. The summed E-state index contributed by atoms with van der Waals surface area (Å²) in [6.07, 6.45) is -5.50. The molecule has 0 amide bonds. The third kappa shape index (κ3) is 6.36. The Labute approximate surface area is 156 Å². The molecular formula is C18H24O9. The largest absolute Gasteiger partial charge is 0.460 e. The van der Waals surface area contributed by atoms with Gasteiger partial charge in [0.05, 0.1) is 13.2 Å². The molecule has 1 aromatic rings. The van der Waals surface area contributed by atoms with Gasteiger partial charge in [0.15, 0.2) is 6.29 Å². The van der Waals surface area contributed by atoms with Crippen LogP contribution in [0, 0.1) is 0 Å². The third-order valence-electron chi connectivity index (χ3n) is 3.93. The minimum atomic E-state index is -1.57. The monoisotopic (exact) mass is 384 g/mol. The molecule has 0 spiro atoms. The van der Waals surface area contributed by atoms with E-state index in [1.807, 2.05) is 30.3 Å². The van der Waals surface area contributed by atoms with Crippen molar-refractivity contribution in [1.82, 2.24) is 0 Å². The Bertz CT molecular complexity index is 604. The molecule has 0 radical (unpaired) electrons. The van der Waals surface area contributed by atoms with Gasteiger partial charge in [0.1, 0.15) is 37.1 Å². The SMILES string of the molecule is O=C(/C=C/c1ccccc1)OC[C@@H](O)COC1OC(CO)C(O)C(O)C1O. The Hall–Kier alpha value is -1.85. The number of carbonyl (C=O) groups is 1. The van der Waals surface area contributed by atoms with Gasteiger partial charge < -0.3 is 39.7 Å². The molecule has 1 aromatic carbocycles. The van der Waals surface area contributed by atoms with Crippen molar-refractivity contribution in [3.63, 3.8) is 0 Å². The van der Waals surface area contributed by atoms with Crippen LogP contribution in [-0.2, 0) is 19.0 Å². The van der Waals surface area contributed by atoms with Crippen LogP contribution in [0.25, 0.3) is 6.08 Å². The Morgan fingerprint density at radius 3 is 2.48 bits per heavy atom. The molecule has 9 heteroatoms. The lowest BCUT2D eigenvalue weighted by Crippen LogP contribution is -2.59. The van der Waals surface area contributed by atoms with E-state index < -0.39 is 49.4 Å². The van der Waals surface area contributed by atoms with Crippen molar-refractivity contribution in [3.05, 3.63) is 42.0 Å². The lowest BCUT2D eigenvalue weighted by molar-refractivity contribution is -0.304. The van der Waals surface area contributed by atoms with Gasteiger partial charge in [0.25, 0.3) is 0 Å². The Kier molecular flexibility index (Phi) is 8.32. The highest BCUT2D eigenvalue weighted by atomic mass is 16.7. The fourth-order valence-electron chi connectivity index (χ4n) is 2.41. The second-order valence-electron chi connectivity index (χ2n) is 6.06. The number of aliphatic hydroxyl groups is 5. The van der Waals surface area contributed by atoms with Gasteiger partial charge in [-0.2, -0.15) is 0 Å². The maximum Gasteiger partial charge on any atom is 0.330 e. The molecule has 0 aromatic heterocycles. The molecule has 0 bridgehead atoms. The molecule has 0 aliphatic carbocycles. The first-order chi connectivity index (χ1) is 12.9. The maximum absolute atomic E-state index is 11.6. The van der Waals surface area contributed by atoms with E-state index in [0.717, 1.165) is 5.56 Å². The molecule has 1 fully saturated rings. The van der Waals surface area contributed by atoms with E-state index in [2.05, 4.69) is 0 Å². The van der Waals surface area contributed by atoms with Crippen LogP contribution in [0.5, 0.6) is 0 Å². The molecule has 1 heterocycles. The molecule has 0 saturated carbocycles. The number of ether oxygens (including phenoxy) is 3. The first-order valence-corrected chi connectivity index (χ1v) is 8.42. The van der Waals surface area contributed by atoms with Crippen LogP contribution in [0.15, 0.2) is 36.4 Å². The summed E-state index contributed by atoms with van der Waals surface area (Å²) in [5.74, 6) is -0.647. The number of rotatable bonds is 8. The number of benzene rings is 1. The number of hydrogen-bond acceptors (Lipinski definition) is 9. The van der Waals surface area contributed by atoms with Crippen molar-refractivity contribution < 1.29 is 44.5 Å². The van der Waals surface area contributed by atoms with Crippen LogP contribution in [-0.4, -0.2) is 88.1 Å². The molecule has 1 aliphatic heterocycles. The van der Waals surface area contributed by atoms with Crippen molar-refractivity contribution in [3.8, 4) is 0 Å². The molecule has 27 heavy (non-hydrogen) atoms. The summed E-state index contributed by atoms with van der Waals surface area (Å²) < 4.78 is 15.2. The quantitative estimate of drug-likeness (QED) is 0.265. The summed E-state index contributed by atoms with van der Waals surface area (Å²) in [5.41, 5.74) is 0.820. The summed E-state index contributed by atoms with van der Waals surface area (Å²) in [6.45, 7) is -1.30. The van der Waals surface area contributed by atoms with E-state index in [4.69, 9.17) is 19.3 Å². The number of hydrogen-bond donors (Lipinski definition) is 5. The number of carbonyl (C=O) groups excluding carboxylic acids is 1. The van der Waals surface area contributed by atoms with E-state index in [1.54, 1.807) is 6.08 Å². The molecule has 5 unspecified atom stereocenters. The predicted octanol–water partition coefficient (Wildman–Crippen LogP) is -1.58. The molecule has 5 N–H and O–H groups in total. The fourth-order valence-corrected chi connectivity index (χ4v) is 2.41. The summed E-state index contributed by atoms with van der Waals surface area (Å²) in [6, 6.07) is 9.12. The minimum absolute atomic E-state index is 0.352. The number of aliphatic hydroxyl groups excluding tert-OH is 5. The van der Waals surface area contributed by atoms with E-state index in [9.17, 15) is 25.2 Å². The maximum atomic E-state index is 11.6. The minimum Gasteiger partial charge on any atom is -0.460 e. The zero-order valence-corrected chi connectivity index (χ0v) is 14.5. The van der Waals surface area contributed by atoms with Crippen molar-refractivity contribution in [2.75, 3.05) is 19.8 Å². The van der Waals surface area contributed by atoms with Crippen LogP contribution in [0.4, 0.5) is 0 Å². The average molecular weight is 384 g/mol. The molecule has 1 saturated heterocycles. The molecule has 2 rings (SSSR count). The van der Waals surface area contributed by atoms with Crippen molar-refractivity contribution >= 4 is 12.0 Å². The first kappa shape index (κ1) is 21.5. The van der Waals surface area contributed by atoms with Crippen LogP contribution in [0.1, 0.15) is 5.56 Å². The van der Waals surface area contributed by atoms with Crippen LogP contribution < -0.4 is 0 Å². The van der Waals surface area contributed by atoms with Gasteiger partial charge in [-0.25, -0.2) is 4.79 Å². The van der Waals surface area contributed by atoms with Crippen LogP contribution >= 0.6 is 0 Å². The highest BCUT2D eigenvalue weighted by Crippen LogP contribution is 2.22. The second-order valence-corrected chi connectivity index (χ2v) is 6.06. The summed E-state index contributed by atoms with van der Waals surface area (Å²) in [4.78, 5) is 11.6. The third-order valence-corrected chi connectivity index (χ3v) is 3.93. The van der Waals surface area contributed by atoms with E-state index in [1.165, 1.54) is 6.08 Å². The van der Waals surface area contributed by atoms with Gasteiger partial charge in [-0.1, -0.05) is 30.3 Å². The normalized spacial score (nSPS) is 29.6. The lowest BCUT2D eigenvalue weighted by atomic mass is 9.99. The first-order valence-electron chi connectivity index (χ1n) is 8.42. The van der Waals surface area contributed by atoms with Crippen LogP contribution in [0.3, 0.4) is 0 Å². The summed E-state index contributed by atoms with van der Waals surface area (Å²) >= 11 is 0. The Morgan fingerprint density at radius 2 is 1.81 bits per heavy atom. The van der Waals surface area contributed by atoms with Gasteiger partial charge in [0, 0.05) is 6.08 Å². The van der Waals surface area contributed by atoms with Gasteiger partial charge in [-0.3, -0.25) is 0 Å². The molecule has 6 atom stereocenters. The predicted molar refractivity (Wildman–Crippen MR) is 92.2 cm³/mol. The van der Waals surface area contributed by atoms with Gasteiger partial charge in [-0.05, 0) is 11.6 Å². The van der Waals surface area contributed by atoms with E-state index >= 15 is 0 Å². The summed E-state index contributed by atoms with van der Waals surface area (Å²) in [5, 5.41) is 48.0. The summed E-state index contributed by atoms with van der Waals surface area (Å²) in [7, 11) is 0. The molecule has 9 nitrogen and oxygen atoms in total.